The standard InChI is InChI=1S/C14H19Cl2NO3S/c1-20-10-11-3-2-6-17(9-11)21(18,19)13-4-5-14(16)12(7-13)8-15/h4-5,7,11H,2-3,6,8-10H2,1H3. The number of ether oxygens (including phenoxy) is 1. The Bertz CT molecular complexity index is 590. The summed E-state index contributed by atoms with van der Waals surface area (Å²) in [5.41, 5.74) is 0.629. The second kappa shape index (κ2) is 7.29. The highest BCUT2D eigenvalue weighted by Gasteiger charge is 2.30. The van der Waals surface area contributed by atoms with Crippen LogP contribution in [-0.2, 0) is 20.6 Å². The summed E-state index contributed by atoms with van der Waals surface area (Å²) in [4.78, 5) is 0.251. The summed E-state index contributed by atoms with van der Waals surface area (Å²) in [6.45, 7) is 1.62. The van der Waals surface area contributed by atoms with Crippen molar-refractivity contribution < 1.29 is 13.2 Å². The Balaban J connectivity index is 2.25. The highest BCUT2D eigenvalue weighted by atomic mass is 35.5. The van der Waals surface area contributed by atoms with Gasteiger partial charge in [0.05, 0.1) is 11.5 Å². The van der Waals surface area contributed by atoms with Crippen molar-refractivity contribution in [1.82, 2.24) is 4.31 Å². The van der Waals surface area contributed by atoms with Gasteiger partial charge in [-0.05, 0) is 42.5 Å². The van der Waals surface area contributed by atoms with Gasteiger partial charge in [-0.25, -0.2) is 8.42 Å². The van der Waals surface area contributed by atoms with Crippen LogP contribution in [0.25, 0.3) is 0 Å². The van der Waals surface area contributed by atoms with E-state index < -0.39 is 10.0 Å². The normalized spacial score (nSPS) is 20.6. The summed E-state index contributed by atoms with van der Waals surface area (Å²) in [6.07, 6.45) is 1.84. The van der Waals surface area contributed by atoms with E-state index >= 15 is 0 Å². The molecule has 0 bridgehead atoms. The number of hydrogen-bond acceptors (Lipinski definition) is 3. The maximum Gasteiger partial charge on any atom is 0.243 e. The highest BCUT2D eigenvalue weighted by Crippen LogP contribution is 2.27. The van der Waals surface area contributed by atoms with E-state index in [1.54, 1.807) is 19.2 Å². The summed E-state index contributed by atoms with van der Waals surface area (Å²) in [7, 11) is -1.86. The third-order valence-electron chi connectivity index (χ3n) is 3.68. The molecule has 1 unspecified atom stereocenters. The van der Waals surface area contributed by atoms with Crippen LogP contribution in [-0.4, -0.2) is 39.5 Å². The molecule has 1 aromatic rings. The van der Waals surface area contributed by atoms with Crippen molar-refractivity contribution >= 4 is 33.2 Å². The minimum atomic E-state index is -3.50. The highest BCUT2D eigenvalue weighted by molar-refractivity contribution is 7.89. The molecule has 2 rings (SSSR count). The number of methoxy groups -OCH3 is 1. The molecule has 118 valence electrons. The zero-order valence-electron chi connectivity index (χ0n) is 11.9. The van der Waals surface area contributed by atoms with Gasteiger partial charge in [0.1, 0.15) is 0 Å². The summed E-state index contributed by atoms with van der Waals surface area (Å²) >= 11 is 11.8. The Kier molecular flexibility index (Phi) is 5.91. The van der Waals surface area contributed by atoms with Gasteiger partial charge in [-0.15, -0.1) is 11.6 Å². The second-order valence-electron chi connectivity index (χ2n) is 5.21. The number of piperidine rings is 1. The lowest BCUT2D eigenvalue weighted by atomic mass is 10.0. The first-order valence-electron chi connectivity index (χ1n) is 6.82. The molecule has 0 spiro atoms. The van der Waals surface area contributed by atoms with E-state index in [-0.39, 0.29) is 16.7 Å². The van der Waals surface area contributed by atoms with Crippen LogP contribution in [0.3, 0.4) is 0 Å². The third-order valence-corrected chi connectivity index (χ3v) is 6.20. The lowest BCUT2D eigenvalue weighted by Gasteiger charge is -2.31. The molecule has 0 aromatic heterocycles. The van der Waals surface area contributed by atoms with Gasteiger partial charge in [0.2, 0.25) is 10.0 Å². The molecule has 1 saturated heterocycles. The fourth-order valence-corrected chi connectivity index (χ4v) is 4.66. The Morgan fingerprint density at radius 3 is 2.86 bits per heavy atom. The van der Waals surface area contributed by atoms with Crippen LogP contribution < -0.4 is 0 Å². The number of sulfonamides is 1. The average molecular weight is 352 g/mol. The largest absolute Gasteiger partial charge is 0.384 e. The number of alkyl halides is 1. The van der Waals surface area contributed by atoms with Crippen molar-refractivity contribution in [2.75, 3.05) is 26.8 Å². The zero-order chi connectivity index (χ0) is 15.5. The predicted octanol–water partition coefficient (Wildman–Crippen LogP) is 3.13. The molecule has 1 atom stereocenters. The Hall–Kier alpha value is -0.330. The third kappa shape index (κ3) is 3.90. The molecule has 0 aliphatic carbocycles. The number of halogens is 2. The Morgan fingerprint density at radius 2 is 2.19 bits per heavy atom. The average Bonchev–Trinajstić information content (AvgIpc) is 2.48. The van der Waals surface area contributed by atoms with Crippen molar-refractivity contribution in [1.29, 1.82) is 0 Å². The van der Waals surface area contributed by atoms with Crippen molar-refractivity contribution in [3.63, 3.8) is 0 Å². The van der Waals surface area contributed by atoms with Gasteiger partial charge in [0.15, 0.2) is 0 Å². The van der Waals surface area contributed by atoms with Crippen LogP contribution in [0, 0.1) is 5.92 Å². The van der Waals surface area contributed by atoms with E-state index in [0.29, 0.717) is 30.3 Å². The first-order valence-corrected chi connectivity index (χ1v) is 9.17. The second-order valence-corrected chi connectivity index (χ2v) is 7.83. The summed E-state index contributed by atoms with van der Waals surface area (Å²) in [5, 5.41) is 0.486. The van der Waals surface area contributed by atoms with Gasteiger partial charge in [0, 0.05) is 31.1 Å². The van der Waals surface area contributed by atoms with Crippen molar-refractivity contribution in [2.45, 2.75) is 23.6 Å². The molecule has 0 saturated carbocycles. The fourth-order valence-electron chi connectivity index (χ4n) is 2.58. The lowest BCUT2D eigenvalue weighted by Crippen LogP contribution is -2.41. The number of rotatable bonds is 5. The Labute approximate surface area is 136 Å². The van der Waals surface area contributed by atoms with Gasteiger partial charge in [-0.3, -0.25) is 0 Å². The van der Waals surface area contributed by atoms with Crippen LogP contribution in [0.2, 0.25) is 5.02 Å². The number of nitrogens with zero attached hydrogens (tertiary/aromatic N) is 1. The molecule has 1 fully saturated rings. The first kappa shape index (κ1) is 17.0. The first-order chi connectivity index (χ1) is 9.98. The van der Waals surface area contributed by atoms with E-state index in [0.717, 1.165) is 12.8 Å². The molecule has 4 nitrogen and oxygen atoms in total. The molecule has 1 heterocycles. The quantitative estimate of drug-likeness (QED) is 0.765. The minimum Gasteiger partial charge on any atom is -0.384 e. The van der Waals surface area contributed by atoms with E-state index in [4.69, 9.17) is 27.9 Å². The SMILES string of the molecule is COCC1CCCN(S(=O)(=O)c2ccc(Cl)c(CCl)c2)C1. The zero-order valence-corrected chi connectivity index (χ0v) is 14.2. The summed E-state index contributed by atoms with van der Waals surface area (Å²) < 4.78 is 32.1. The molecule has 7 heteroatoms. The molecule has 0 amide bonds. The molecule has 1 aromatic carbocycles. The summed E-state index contributed by atoms with van der Waals surface area (Å²) in [6, 6.07) is 4.68. The van der Waals surface area contributed by atoms with E-state index in [1.165, 1.54) is 10.4 Å². The maximum atomic E-state index is 12.7. The molecule has 1 aliphatic heterocycles. The van der Waals surface area contributed by atoms with E-state index in [1.807, 2.05) is 0 Å². The van der Waals surface area contributed by atoms with Gasteiger partial charge in [0.25, 0.3) is 0 Å². The minimum absolute atomic E-state index is 0.189. The van der Waals surface area contributed by atoms with Crippen LogP contribution in [0.1, 0.15) is 18.4 Å². The lowest BCUT2D eigenvalue weighted by molar-refractivity contribution is 0.118. The molecular formula is C14H19Cl2NO3S. The topological polar surface area (TPSA) is 46.6 Å². The van der Waals surface area contributed by atoms with Crippen LogP contribution in [0.15, 0.2) is 23.1 Å². The van der Waals surface area contributed by atoms with Gasteiger partial charge in [-0.2, -0.15) is 4.31 Å². The smallest absolute Gasteiger partial charge is 0.243 e. The van der Waals surface area contributed by atoms with Gasteiger partial charge in [-0.1, -0.05) is 11.6 Å². The summed E-state index contributed by atoms with van der Waals surface area (Å²) in [5.74, 6) is 0.437. The number of hydrogen-bond donors (Lipinski definition) is 0. The number of benzene rings is 1. The predicted molar refractivity (Wildman–Crippen MR) is 84.4 cm³/mol. The molecular weight excluding hydrogens is 333 g/mol. The van der Waals surface area contributed by atoms with Gasteiger partial charge >= 0.3 is 0 Å². The van der Waals surface area contributed by atoms with Crippen LogP contribution >= 0.6 is 23.2 Å². The molecule has 0 N–H and O–H groups in total. The van der Waals surface area contributed by atoms with E-state index in [2.05, 4.69) is 0 Å². The van der Waals surface area contributed by atoms with Gasteiger partial charge < -0.3 is 4.74 Å². The molecule has 0 radical (unpaired) electrons. The van der Waals surface area contributed by atoms with E-state index in [9.17, 15) is 8.42 Å². The monoisotopic (exact) mass is 351 g/mol. The van der Waals surface area contributed by atoms with Crippen LogP contribution in [0.4, 0.5) is 0 Å². The Morgan fingerprint density at radius 1 is 1.43 bits per heavy atom. The molecule has 1 aliphatic rings. The van der Waals surface area contributed by atoms with Crippen molar-refractivity contribution in [3.8, 4) is 0 Å². The maximum absolute atomic E-state index is 12.7. The van der Waals surface area contributed by atoms with Crippen molar-refractivity contribution in [3.05, 3.63) is 28.8 Å². The fraction of sp³-hybridized carbons (Fsp3) is 0.571. The molecule has 21 heavy (non-hydrogen) atoms. The van der Waals surface area contributed by atoms with Crippen molar-refractivity contribution in [2.24, 2.45) is 5.92 Å². The van der Waals surface area contributed by atoms with Crippen LogP contribution in [0.5, 0.6) is 0 Å².